The van der Waals surface area contributed by atoms with Crippen LogP contribution >= 0.6 is 11.5 Å². The molecule has 4 nitrogen and oxygen atoms in total. The molecular weight excluding hydrogens is 186 g/mol. The van der Waals surface area contributed by atoms with E-state index < -0.39 is 0 Å². The number of hydrogen-bond donors (Lipinski definition) is 1. The number of aromatic nitrogens is 2. The van der Waals surface area contributed by atoms with E-state index >= 15 is 0 Å². The van der Waals surface area contributed by atoms with Crippen molar-refractivity contribution in [3.05, 3.63) is 10.5 Å². The topological polar surface area (TPSA) is 60.9 Å². The fourth-order valence-electron chi connectivity index (χ4n) is 1.85. The van der Waals surface area contributed by atoms with Crippen molar-refractivity contribution in [3.63, 3.8) is 0 Å². The molecule has 1 heterocycles. The number of nitrogens with zero attached hydrogens (tertiary/aromatic N) is 2. The van der Waals surface area contributed by atoms with Crippen molar-refractivity contribution in [1.29, 1.82) is 0 Å². The van der Waals surface area contributed by atoms with Crippen LogP contribution in [0.1, 0.15) is 38.1 Å². The van der Waals surface area contributed by atoms with Gasteiger partial charge in [0.1, 0.15) is 0 Å². The normalized spacial score (nSPS) is 19.1. The maximum Gasteiger partial charge on any atom is 0.359 e. The highest BCUT2D eigenvalue weighted by Crippen LogP contribution is 2.28. The van der Waals surface area contributed by atoms with Crippen LogP contribution in [-0.2, 0) is 0 Å². The smallest absolute Gasteiger partial charge is 0.359 e. The molecule has 2 rings (SSSR count). The van der Waals surface area contributed by atoms with Crippen LogP contribution in [0.5, 0.6) is 0 Å². The fraction of sp³-hybridized carbons (Fsp3) is 0.750. The molecule has 0 radical (unpaired) electrons. The molecule has 0 amide bonds. The van der Waals surface area contributed by atoms with E-state index in [1.54, 1.807) is 3.96 Å². The van der Waals surface area contributed by atoms with Gasteiger partial charge in [0.2, 0.25) is 5.13 Å². The van der Waals surface area contributed by atoms with E-state index in [-0.39, 0.29) is 5.69 Å². The molecule has 13 heavy (non-hydrogen) atoms. The van der Waals surface area contributed by atoms with Gasteiger partial charge in [-0.1, -0.05) is 19.3 Å². The van der Waals surface area contributed by atoms with Gasteiger partial charge in [-0.2, -0.15) is 4.98 Å². The van der Waals surface area contributed by atoms with E-state index in [4.69, 9.17) is 5.73 Å². The molecule has 1 aliphatic rings. The number of hydrogen-bond acceptors (Lipinski definition) is 4. The summed E-state index contributed by atoms with van der Waals surface area (Å²) in [7, 11) is 0. The summed E-state index contributed by atoms with van der Waals surface area (Å²) in [5.41, 5.74) is 5.30. The minimum absolute atomic E-state index is 0.172. The average Bonchev–Trinajstić information content (AvgIpc) is 2.47. The average molecular weight is 199 g/mol. The lowest BCUT2D eigenvalue weighted by molar-refractivity contribution is 0.363. The summed E-state index contributed by atoms with van der Waals surface area (Å²) in [5, 5.41) is 0.385. The molecule has 0 atom stereocenters. The third-order valence-electron chi connectivity index (χ3n) is 2.49. The monoisotopic (exact) mass is 199 g/mol. The maximum absolute atomic E-state index is 11.3. The summed E-state index contributed by atoms with van der Waals surface area (Å²) in [6, 6.07) is 0.357. The van der Waals surface area contributed by atoms with Gasteiger partial charge in [-0.3, -0.25) is 0 Å². The number of rotatable bonds is 1. The molecule has 1 aromatic rings. The largest absolute Gasteiger partial charge is 0.374 e. The van der Waals surface area contributed by atoms with Crippen LogP contribution in [0.4, 0.5) is 5.13 Å². The van der Waals surface area contributed by atoms with Gasteiger partial charge in [-0.15, -0.1) is 0 Å². The Morgan fingerprint density at radius 1 is 1.38 bits per heavy atom. The van der Waals surface area contributed by atoms with Gasteiger partial charge in [0.25, 0.3) is 0 Å². The summed E-state index contributed by atoms with van der Waals surface area (Å²) in [6.45, 7) is 0. The Hall–Kier alpha value is -0.840. The Balaban J connectivity index is 2.23. The van der Waals surface area contributed by atoms with Gasteiger partial charge in [0.05, 0.1) is 0 Å². The minimum atomic E-state index is -0.172. The van der Waals surface area contributed by atoms with Crippen LogP contribution in [-0.4, -0.2) is 8.94 Å². The molecule has 2 N–H and O–H groups in total. The molecule has 0 aliphatic heterocycles. The third-order valence-corrected chi connectivity index (χ3v) is 3.42. The summed E-state index contributed by atoms with van der Waals surface area (Å²) in [6.07, 6.45) is 5.92. The van der Waals surface area contributed by atoms with Gasteiger partial charge < -0.3 is 5.73 Å². The highest BCUT2D eigenvalue weighted by molar-refractivity contribution is 7.10. The molecule has 72 valence electrons. The Labute approximate surface area is 80.5 Å². The van der Waals surface area contributed by atoms with Crippen molar-refractivity contribution in [2.75, 3.05) is 5.73 Å². The van der Waals surface area contributed by atoms with Crippen LogP contribution in [0, 0.1) is 0 Å². The first-order valence-corrected chi connectivity index (χ1v) is 5.40. The SMILES string of the molecule is Nc1nc(=O)n(C2CCCCC2)s1. The highest BCUT2D eigenvalue weighted by Gasteiger charge is 2.18. The summed E-state index contributed by atoms with van der Waals surface area (Å²) in [5.74, 6) is 0. The lowest BCUT2D eigenvalue weighted by Gasteiger charge is -2.20. The van der Waals surface area contributed by atoms with E-state index in [0.29, 0.717) is 11.2 Å². The first kappa shape index (κ1) is 8.74. The summed E-state index contributed by atoms with van der Waals surface area (Å²) >= 11 is 1.29. The quantitative estimate of drug-likeness (QED) is 0.743. The molecule has 0 aromatic carbocycles. The van der Waals surface area contributed by atoms with Crippen molar-refractivity contribution < 1.29 is 0 Å². The Bertz CT molecular complexity index is 337. The van der Waals surface area contributed by atoms with E-state index in [1.165, 1.54) is 30.8 Å². The molecule has 0 bridgehead atoms. The Morgan fingerprint density at radius 2 is 2.08 bits per heavy atom. The molecule has 1 saturated carbocycles. The zero-order valence-electron chi connectivity index (χ0n) is 7.40. The molecule has 1 aromatic heterocycles. The van der Waals surface area contributed by atoms with Crippen molar-refractivity contribution >= 4 is 16.7 Å². The van der Waals surface area contributed by atoms with Crippen LogP contribution in [0.2, 0.25) is 0 Å². The van der Waals surface area contributed by atoms with E-state index in [9.17, 15) is 4.79 Å². The summed E-state index contributed by atoms with van der Waals surface area (Å²) < 4.78 is 1.73. The molecule has 5 heteroatoms. The fourth-order valence-corrected chi connectivity index (χ4v) is 2.65. The molecule has 1 fully saturated rings. The van der Waals surface area contributed by atoms with Gasteiger partial charge in [-0.25, -0.2) is 8.75 Å². The number of anilines is 1. The predicted molar refractivity (Wildman–Crippen MR) is 52.9 cm³/mol. The van der Waals surface area contributed by atoms with Crippen LogP contribution in [0.3, 0.4) is 0 Å². The standard InChI is InChI=1S/C8H13N3OS/c9-7-10-8(12)11(13-7)6-4-2-1-3-5-6/h6H,1-5H2,(H2,9,10,12). The van der Waals surface area contributed by atoms with Crippen molar-refractivity contribution in [3.8, 4) is 0 Å². The lowest BCUT2D eigenvalue weighted by atomic mass is 9.96. The second-order valence-corrected chi connectivity index (χ2v) is 4.44. The Kier molecular flexibility index (Phi) is 2.35. The van der Waals surface area contributed by atoms with Crippen LogP contribution in [0.25, 0.3) is 0 Å². The molecule has 0 spiro atoms. The second kappa shape index (κ2) is 3.49. The van der Waals surface area contributed by atoms with Crippen LogP contribution in [0.15, 0.2) is 4.79 Å². The lowest BCUT2D eigenvalue weighted by Crippen LogP contribution is -2.22. The Morgan fingerprint density at radius 3 is 2.62 bits per heavy atom. The van der Waals surface area contributed by atoms with Crippen molar-refractivity contribution in [2.24, 2.45) is 0 Å². The zero-order chi connectivity index (χ0) is 9.26. The van der Waals surface area contributed by atoms with E-state index in [2.05, 4.69) is 4.98 Å². The van der Waals surface area contributed by atoms with Crippen molar-refractivity contribution in [1.82, 2.24) is 8.94 Å². The second-order valence-electron chi connectivity index (χ2n) is 3.44. The van der Waals surface area contributed by atoms with Gasteiger partial charge in [0.15, 0.2) is 0 Å². The number of nitrogens with two attached hydrogens (primary N) is 1. The van der Waals surface area contributed by atoms with Gasteiger partial charge >= 0.3 is 5.69 Å². The maximum atomic E-state index is 11.3. The van der Waals surface area contributed by atoms with E-state index in [1.807, 2.05) is 0 Å². The molecular formula is C8H13N3OS. The summed E-state index contributed by atoms with van der Waals surface area (Å²) in [4.78, 5) is 15.0. The highest BCUT2D eigenvalue weighted by atomic mass is 32.1. The first-order valence-electron chi connectivity index (χ1n) is 4.63. The zero-order valence-corrected chi connectivity index (χ0v) is 8.22. The van der Waals surface area contributed by atoms with E-state index in [0.717, 1.165) is 12.8 Å². The predicted octanol–water partition coefficient (Wildman–Crippen LogP) is 1.39. The third kappa shape index (κ3) is 1.75. The van der Waals surface area contributed by atoms with Gasteiger partial charge in [0, 0.05) is 6.04 Å². The molecule has 1 aliphatic carbocycles. The molecule has 0 unspecified atom stereocenters. The van der Waals surface area contributed by atoms with Gasteiger partial charge in [-0.05, 0) is 24.4 Å². The first-order chi connectivity index (χ1) is 6.27. The van der Waals surface area contributed by atoms with Crippen LogP contribution < -0.4 is 11.4 Å². The molecule has 0 saturated heterocycles. The minimum Gasteiger partial charge on any atom is -0.374 e. The number of nitrogen functional groups attached to an aromatic ring is 1. The van der Waals surface area contributed by atoms with Crippen molar-refractivity contribution in [2.45, 2.75) is 38.1 Å².